The molecule has 0 aliphatic heterocycles. The summed E-state index contributed by atoms with van der Waals surface area (Å²) in [6.07, 6.45) is 61.5. The molecule has 71 heavy (non-hydrogen) atoms. The smallest absolute Gasteiger partial charge is 0.180 e. The predicted molar refractivity (Wildman–Crippen MR) is 307 cm³/mol. The highest BCUT2D eigenvalue weighted by atomic mass is 16.8. The lowest BCUT2D eigenvalue weighted by Gasteiger charge is -2.22. The summed E-state index contributed by atoms with van der Waals surface area (Å²) >= 11 is 0. The average Bonchev–Trinajstić information content (AvgIpc) is 3.38. The number of rotatable bonds is 62. The quantitative estimate of drug-likeness (QED) is 0.0342. The molecule has 0 fully saturated rings. The molecule has 2 atom stereocenters. The fourth-order valence-corrected chi connectivity index (χ4v) is 8.96. The molecule has 0 aromatic rings. The van der Waals surface area contributed by atoms with Crippen molar-refractivity contribution >= 4 is 0 Å². The third kappa shape index (κ3) is 55.3. The molecule has 0 saturated heterocycles. The van der Waals surface area contributed by atoms with E-state index in [0.717, 1.165) is 116 Å². The zero-order valence-electron chi connectivity index (χ0n) is 48.8. The van der Waals surface area contributed by atoms with Crippen molar-refractivity contribution in [2.75, 3.05) is 39.6 Å². The van der Waals surface area contributed by atoms with Gasteiger partial charge in [-0.3, -0.25) is 0 Å². The maximum Gasteiger partial charge on any atom is 0.180 e. The Morgan fingerprint density at radius 3 is 0.718 bits per heavy atom. The fraction of sp³-hybridized carbons (Fsp3) is 0.938. The van der Waals surface area contributed by atoms with Crippen molar-refractivity contribution in [2.24, 2.45) is 0 Å². The Hall–Kier alpha value is -0.800. The van der Waals surface area contributed by atoms with Gasteiger partial charge >= 0.3 is 0 Å². The fourth-order valence-electron chi connectivity index (χ4n) is 8.96. The van der Waals surface area contributed by atoms with Gasteiger partial charge in [-0.1, -0.05) is 246 Å². The van der Waals surface area contributed by atoms with E-state index in [1.807, 2.05) is 0 Å². The molecule has 7 nitrogen and oxygen atoms in total. The normalized spacial score (nSPS) is 13.1. The van der Waals surface area contributed by atoms with Crippen LogP contribution in [0.2, 0.25) is 0 Å². The van der Waals surface area contributed by atoms with Gasteiger partial charge in [0.05, 0.1) is 13.2 Å². The standard InChI is InChI=1S/C64H126O7/c1-7-13-19-25-27-29-39-49-59-69-63(53-43-33-31-41-51-61(65-55-45-35-21-15-9-3)66-56-46-36-22-16-10-4)71-64(70-60-50-40-30-28-26-20-14-8-2)54-44-34-32-42-52-62(67-57-47-37-23-17-11-5)68-58-48-38-24-18-12-6/h43-44,53-54,61-64H,7-42,45-52,55-60H2,1-6H3. The molecular formula is C64H126O7. The summed E-state index contributed by atoms with van der Waals surface area (Å²) in [5.41, 5.74) is 0. The largest absolute Gasteiger partial charge is 0.353 e. The molecule has 0 bridgehead atoms. The van der Waals surface area contributed by atoms with E-state index < -0.39 is 12.6 Å². The Labute approximate surface area is 444 Å². The number of hydrogen-bond acceptors (Lipinski definition) is 7. The van der Waals surface area contributed by atoms with Gasteiger partial charge in [-0.05, 0) is 102 Å². The third-order valence-electron chi connectivity index (χ3n) is 13.7. The van der Waals surface area contributed by atoms with Crippen LogP contribution in [0.3, 0.4) is 0 Å². The Morgan fingerprint density at radius 1 is 0.239 bits per heavy atom. The second-order valence-electron chi connectivity index (χ2n) is 21.0. The van der Waals surface area contributed by atoms with E-state index in [1.165, 1.54) is 193 Å². The van der Waals surface area contributed by atoms with Gasteiger partial charge in [0.1, 0.15) is 0 Å². The van der Waals surface area contributed by atoms with Crippen molar-refractivity contribution in [3.8, 4) is 0 Å². The minimum atomic E-state index is -0.438. The van der Waals surface area contributed by atoms with Crippen molar-refractivity contribution in [3.05, 3.63) is 24.3 Å². The van der Waals surface area contributed by atoms with Crippen LogP contribution in [0, 0.1) is 0 Å². The summed E-state index contributed by atoms with van der Waals surface area (Å²) in [4.78, 5) is 0. The Bertz CT molecular complexity index is 911. The van der Waals surface area contributed by atoms with Crippen LogP contribution in [0.1, 0.15) is 324 Å². The lowest BCUT2D eigenvalue weighted by atomic mass is 10.1. The van der Waals surface area contributed by atoms with Crippen LogP contribution in [0.15, 0.2) is 24.3 Å². The van der Waals surface area contributed by atoms with Gasteiger partial charge in [-0.15, -0.1) is 0 Å². The average molecular weight is 1010 g/mol. The van der Waals surface area contributed by atoms with E-state index in [4.69, 9.17) is 33.2 Å². The molecule has 0 N–H and O–H groups in total. The Balaban J connectivity index is 5.60. The van der Waals surface area contributed by atoms with Gasteiger partial charge in [-0.2, -0.15) is 0 Å². The Kier molecular flexibility index (Phi) is 61.0. The summed E-state index contributed by atoms with van der Waals surface area (Å²) in [6, 6.07) is 0. The van der Waals surface area contributed by atoms with Crippen LogP contribution in [0.4, 0.5) is 0 Å². The number of allylic oxidation sites excluding steroid dienone is 2. The highest BCUT2D eigenvalue weighted by molar-refractivity contribution is 4.90. The molecule has 0 spiro atoms. The van der Waals surface area contributed by atoms with Gasteiger partial charge in [-0.25, -0.2) is 0 Å². The van der Waals surface area contributed by atoms with Crippen molar-refractivity contribution in [2.45, 2.75) is 349 Å². The first-order valence-electron chi connectivity index (χ1n) is 31.8. The highest BCUT2D eigenvalue weighted by Crippen LogP contribution is 2.18. The van der Waals surface area contributed by atoms with E-state index in [-0.39, 0.29) is 12.6 Å². The van der Waals surface area contributed by atoms with Crippen LogP contribution in [-0.4, -0.2) is 64.8 Å². The van der Waals surface area contributed by atoms with Crippen LogP contribution in [0.25, 0.3) is 0 Å². The van der Waals surface area contributed by atoms with Crippen LogP contribution in [-0.2, 0) is 33.2 Å². The van der Waals surface area contributed by atoms with E-state index in [0.29, 0.717) is 13.2 Å². The van der Waals surface area contributed by atoms with Crippen LogP contribution >= 0.6 is 0 Å². The monoisotopic (exact) mass is 1010 g/mol. The summed E-state index contributed by atoms with van der Waals surface area (Å²) in [5, 5.41) is 0. The summed E-state index contributed by atoms with van der Waals surface area (Å²) in [5.74, 6) is 0. The molecule has 0 radical (unpaired) electrons. The Morgan fingerprint density at radius 2 is 0.465 bits per heavy atom. The van der Waals surface area contributed by atoms with Gasteiger partial charge in [0, 0.05) is 26.4 Å². The first-order chi connectivity index (χ1) is 35.1. The van der Waals surface area contributed by atoms with Crippen molar-refractivity contribution in [1.82, 2.24) is 0 Å². The number of ether oxygens (including phenoxy) is 7. The minimum absolute atomic E-state index is 0.0913. The molecule has 0 rings (SSSR count). The molecule has 0 aliphatic rings. The van der Waals surface area contributed by atoms with Crippen molar-refractivity contribution in [1.29, 1.82) is 0 Å². The number of unbranched alkanes of at least 4 members (excludes halogenated alkanes) is 34. The molecule has 424 valence electrons. The van der Waals surface area contributed by atoms with E-state index >= 15 is 0 Å². The van der Waals surface area contributed by atoms with Crippen LogP contribution in [0.5, 0.6) is 0 Å². The summed E-state index contributed by atoms with van der Waals surface area (Å²) in [7, 11) is 0. The van der Waals surface area contributed by atoms with Gasteiger partial charge in [0.2, 0.25) is 0 Å². The maximum absolute atomic E-state index is 6.70. The lowest BCUT2D eigenvalue weighted by Crippen LogP contribution is -2.25. The molecule has 0 aromatic heterocycles. The van der Waals surface area contributed by atoms with E-state index in [1.54, 1.807) is 0 Å². The first kappa shape index (κ1) is 70.2. The topological polar surface area (TPSA) is 64.6 Å². The molecule has 2 unspecified atom stereocenters. The summed E-state index contributed by atoms with van der Waals surface area (Å²) < 4.78 is 45.0. The third-order valence-corrected chi connectivity index (χ3v) is 13.7. The van der Waals surface area contributed by atoms with Gasteiger partial charge in [0.15, 0.2) is 25.2 Å². The first-order valence-corrected chi connectivity index (χ1v) is 31.8. The van der Waals surface area contributed by atoms with E-state index in [9.17, 15) is 0 Å². The molecule has 0 aromatic carbocycles. The molecule has 0 aliphatic carbocycles. The second kappa shape index (κ2) is 61.7. The maximum atomic E-state index is 6.70. The van der Waals surface area contributed by atoms with E-state index in [2.05, 4.69) is 65.8 Å². The van der Waals surface area contributed by atoms with Gasteiger partial charge in [0.25, 0.3) is 0 Å². The molecule has 0 saturated carbocycles. The summed E-state index contributed by atoms with van der Waals surface area (Å²) in [6.45, 7) is 18.3. The van der Waals surface area contributed by atoms with Crippen molar-refractivity contribution in [3.63, 3.8) is 0 Å². The van der Waals surface area contributed by atoms with Crippen LogP contribution < -0.4 is 0 Å². The minimum Gasteiger partial charge on any atom is -0.353 e. The molecular weight excluding hydrogens is 881 g/mol. The highest BCUT2D eigenvalue weighted by Gasteiger charge is 2.15. The van der Waals surface area contributed by atoms with Gasteiger partial charge < -0.3 is 33.2 Å². The second-order valence-corrected chi connectivity index (χ2v) is 21.0. The van der Waals surface area contributed by atoms with Crippen molar-refractivity contribution < 1.29 is 33.2 Å². The number of hydrogen-bond donors (Lipinski definition) is 0. The predicted octanol–water partition coefficient (Wildman–Crippen LogP) is 20.8. The molecule has 7 heteroatoms. The SMILES string of the molecule is CCCCCCCCCCOC(C=CCCCCC(OCCCCCCC)OCCCCCCC)OC(C=CCCCCC(OCCCCCCC)OCCCCCCC)OCCCCCCCCCC. The lowest BCUT2D eigenvalue weighted by molar-refractivity contribution is -0.208. The molecule has 0 amide bonds. The molecule has 0 heterocycles. The zero-order chi connectivity index (χ0) is 51.4. The zero-order valence-corrected chi connectivity index (χ0v) is 48.8.